The Balaban J connectivity index is 1.54. The number of aliphatic hydroxyl groups is 1. The summed E-state index contributed by atoms with van der Waals surface area (Å²) in [6, 6.07) is 7.31. The lowest BCUT2D eigenvalue weighted by Crippen LogP contribution is -2.50. The molecule has 0 atom stereocenters. The molecule has 1 N–H and O–H groups in total. The molecule has 1 amide bonds. The molecule has 0 spiro atoms. The normalized spacial score (nSPS) is 16.2. The quantitative estimate of drug-likeness (QED) is 0.696. The lowest BCUT2D eigenvalue weighted by molar-refractivity contribution is -0.0304. The Morgan fingerprint density at radius 1 is 1.23 bits per heavy atom. The molecule has 0 radical (unpaired) electrons. The van der Waals surface area contributed by atoms with Gasteiger partial charge in [0.2, 0.25) is 0 Å². The molecule has 2 aromatic heterocycles. The first-order valence-electron chi connectivity index (χ1n) is 10.4. The van der Waals surface area contributed by atoms with E-state index in [0.29, 0.717) is 49.1 Å². The van der Waals surface area contributed by atoms with E-state index in [-0.39, 0.29) is 18.0 Å². The predicted molar refractivity (Wildman–Crippen MR) is 119 cm³/mol. The summed E-state index contributed by atoms with van der Waals surface area (Å²) in [4.78, 5) is 33.6. The minimum absolute atomic E-state index is 0.0256. The molecular formula is C23H27N3O3S. The van der Waals surface area contributed by atoms with Crippen LogP contribution in [0.5, 0.6) is 0 Å². The standard InChI is InChI=1S/C23H27N3O3S/c1-4-20-24-19-8-6-5-7-17(19)22(28)26(20)14-23(29)9-11-25(12-10-23)21(27)18-13-30-16(3)15(18)2/h5-8,13,29H,4,9-12,14H2,1-3H3. The number of carbonyl (C=O) groups is 1. The van der Waals surface area contributed by atoms with Crippen molar-refractivity contribution in [1.82, 2.24) is 14.5 Å². The number of hydrogen-bond acceptors (Lipinski definition) is 5. The Hall–Kier alpha value is -2.51. The smallest absolute Gasteiger partial charge is 0.261 e. The highest BCUT2D eigenvalue weighted by Gasteiger charge is 2.36. The number of likely N-dealkylation sites (tertiary alicyclic amines) is 1. The molecule has 3 aromatic rings. The molecule has 3 heterocycles. The number of aryl methyl sites for hydroxylation is 2. The second-order valence-electron chi connectivity index (χ2n) is 8.14. The molecule has 30 heavy (non-hydrogen) atoms. The highest BCUT2D eigenvalue weighted by atomic mass is 32.1. The Bertz CT molecular complexity index is 1160. The van der Waals surface area contributed by atoms with Gasteiger partial charge in [0, 0.05) is 29.8 Å². The first kappa shape index (κ1) is 20.8. The number of aromatic nitrogens is 2. The van der Waals surface area contributed by atoms with Crippen LogP contribution in [0.25, 0.3) is 10.9 Å². The van der Waals surface area contributed by atoms with E-state index in [1.54, 1.807) is 22.0 Å². The molecule has 158 valence electrons. The molecule has 1 aromatic carbocycles. The van der Waals surface area contributed by atoms with E-state index < -0.39 is 5.60 Å². The zero-order valence-electron chi connectivity index (χ0n) is 17.6. The lowest BCUT2D eigenvalue weighted by Gasteiger charge is -2.38. The number of piperidine rings is 1. The minimum atomic E-state index is -1.03. The Labute approximate surface area is 179 Å². The van der Waals surface area contributed by atoms with Crippen molar-refractivity contribution < 1.29 is 9.90 Å². The molecule has 0 aliphatic carbocycles. The van der Waals surface area contributed by atoms with E-state index in [4.69, 9.17) is 0 Å². The van der Waals surface area contributed by atoms with Crippen molar-refractivity contribution in [2.24, 2.45) is 0 Å². The van der Waals surface area contributed by atoms with Crippen molar-refractivity contribution in [2.75, 3.05) is 13.1 Å². The average molecular weight is 426 g/mol. The molecule has 0 saturated carbocycles. The van der Waals surface area contributed by atoms with Crippen molar-refractivity contribution in [3.63, 3.8) is 0 Å². The molecule has 1 fully saturated rings. The predicted octanol–water partition coefficient (Wildman–Crippen LogP) is 3.30. The van der Waals surface area contributed by atoms with Crippen molar-refractivity contribution >= 4 is 28.1 Å². The third kappa shape index (κ3) is 3.68. The van der Waals surface area contributed by atoms with Gasteiger partial charge in [0.1, 0.15) is 5.82 Å². The van der Waals surface area contributed by atoms with Gasteiger partial charge in [-0.2, -0.15) is 0 Å². The van der Waals surface area contributed by atoms with Crippen LogP contribution in [-0.4, -0.2) is 44.2 Å². The maximum atomic E-state index is 13.1. The summed E-state index contributed by atoms with van der Waals surface area (Å²) in [6.07, 6.45) is 1.48. The molecule has 4 rings (SSSR count). The molecule has 1 aliphatic heterocycles. The molecule has 1 saturated heterocycles. The van der Waals surface area contributed by atoms with Gasteiger partial charge in [0.25, 0.3) is 11.5 Å². The van der Waals surface area contributed by atoms with Crippen molar-refractivity contribution in [2.45, 2.75) is 52.2 Å². The van der Waals surface area contributed by atoms with Gasteiger partial charge in [0.05, 0.1) is 28.6 Å². The van der Waals surface area contributed by atoms with Crippen LogP contribution < -0.4 is 5.56 Å². The summed E-state index contributed by atoms with van der Waals surface area (Å²) in [5.74, 6) is 0.702. The van der Waals surface area contributed by atoms with Crippen LogP contribution in [0.2, 0.25) is 0 Å². The van der Waals surface area contributed by atoms with Crippen LogP contribution in [-0.2, 0) is 13.0 Å². The van der Waals surface area contributed by atoms with Crippen LogP contribution in [0.1, 0.15) is 46.4 Å². The number of rotatable bonds is 4. The topological polar surface area (TPSA) is 75.4 Å². The Morgan fingerprint density at radius 3 is 2.57 bits per heavy atom. The summed E-state index contributed by atoms with van der Waals surface area (Å²) >= 11 is 1.59. The van der Waals surface area contributed by atoms with Gasteiger partial charge in [-0.25, -0.2) is 4.98 Å². The van der Waals surface area contributed by atoms with Crippen LogP contribution in [0.3, 0.4) is 0 Å². The summed E-state index contributed by atoms with van der Waals surface area (Å²) in [6.45, 7) is 7.11. The maximum Gasteiger partial charge on any atom is 0.261 e. The van der Waals surface area contributed by atoms with E-state index in [0.717, 1.165) is 16.0 Å². The van der Waals surface area contributed by atoms with Crippen LogP contribution in [0.15, 0.2) is 34.4 Å². The maximum absolute atomic E-state index is 13.1. The largest absolute Gasteiger partial charge is 0.388 e. The van der Waals surface area contributed by atoms with Gasteiger partial charge < -0.3 is 10.0 Å². The number of fused-ring (bicyclic) bond motifs is 1. The highest BCUT2D eigenvalue weighted by molar-refractivity contribution is 7.10. The van der Waals surface area contributed by atoms with Crippen LogP contribution >= 0.6 is 11.3 Å². The van der Waals surface area contributed by atoms with Crippen molar-refractivity contribution in [3.05, 3.63) is 61.8 Å². The fourth-order valence-corrected chi connectivity index (χ4v) is 4.98. The first-order chi connectivity index (χ1) is 14.3. The molecule has 0 unspecified atom stereocenters. The zero-order valence-corrected chi connectivity index (χ0v) is 18.5. The van der Waals surface area contributed by atoms with E-state index in [1.165, 1.54) is 0 Å². The number of hydrogen-bond donors (Lipinski definition) is 1. The van der Waals surface area contributed by atoms with Crippen molar-refractivity contribution in [3.8, 4) is 0 Å². The Kier molecular flexibility index (Phi) is 5.51. The number of benzene rings is 1. The average Bonchev–Trinajstić information content (AvgIpc) is 3.08. The number of amides is 1. The van der Waals surface area contributed by atoms with Crippen molar-refractivity contribution in [1.29, 1.82) is 0 Å². The summed E-state index contributed by atoms with van der Waals surface area (Å²) < 4.78 is 1.62. The van der Waals surface area contributed by atoms with E-state index in [2.05, 4.69) is 4.98 Å². The van der Waals surface area contributed by atoms with Crippen LogP contribution in [0, 0.1) is 13.8 Å². The molecule has 6 nitrogen and oxygen atoms in total. The third-order valence-corrected chi connectivity index (χ3v) is 7.22. The fraction of sp³-hybridized carbons (Fsp3) is 0.435. The van der Waals surface area contributed by atoms with Gasteiger partial charge in [-0.15, -0.1) is 11.3 Å². The highest BCUT2D eigenvalue weighted by Crippen LogP contribution is 2.28. The summed E-state index contributed by atoms with van der Waals surface area (Å²) in [5, 5.41) is 13.7. The second-order valence-corrected chi connectivity index (χ2v) is 9.22. The lowest BCUT2D eigenvalue weighted by atomic mass is 9.90. The van der Waals surface area contributed by atoms with Gasteiger partial charge >= 0.3 is 0 Å². The van der Waals surface area contributed by atoms with Gasteiger partial charge in [0.15, 0.2) is 0 Å². The second kappa shape index (κ2) is 7.96. The first-order valence-corrected chi connectivity index (χ1v) is 11.3. The van der Waals surface area contributed by atoms with E-state index >= 15 is 0 Å². The SMILES string of the molecule is CCc1nc2ccccc2c(=O)n1CC1(O)CCN(C(=O)c2csc(C)c2C)CC1. The minimum Gasteiger partial charge on any atom is -0.388 e. The summed E-state index contributed by atoms with van der Waals surface area (Å²) in [7, 11) is 0. The van der Waals surface area contributed by atoms with E-state index in [9.17, 15) is 14.7 Å². The molecule has 1 aliphatic rings. The van der Waals surface area contributed by atoms with Crippen LogP contribution in [0.4, 0.5) is 0 Å². The third-order valence-electron chi connectivity index (χ3n) is 6.21. The zero-order chi connectivity index (χ0) is 21.5. The number of para-hydroxylation sites is 1. The fourth-order valence-electron chi connectivity index (χ4n) is 4.12. The van der Waals surface area contributed by atoms with Gasteiger partial charge in [-0.3, -0.25) is 14.2 Å². The number of nitrogens with zero attached hydrogens (tertiary/aromatic N) is 3. The number of carbonyl (C=O) groups excluding carboxylic acids is 1. The van der Waals surface area contributed by atoms with E-state index in [1.807, 2.05) is 49.3 Å². The molecular weight excluding hydrogens is 398 g/mol. The molecule has 0 bridgehead atoms. The number of thiophene rings is 1. The summed E-state index contributed by atoms with van der Waals surface area (Å²) in [5.41, 5.74) is 1.32. The monoisotopic (exact) mass is 425 g/mol. The molecule has 7 heteroatoms. The van der Waals surface area contributed by atoms with Gasteiger partial charge in [-0.1, -0.05) is 19.1 Å². The van der Waals surface area contributed by atoms with Gasteiger partial charge in [-0.05, 0) is 44.4 Å². The Morgan fingerprint density at radius 2 is 1.93 bits per heavy atom.